The van der Waals surface area contributed by atoms with Gasteiger partial charge < -0.3 is 10.1 Å². The molecule has 6 heteroatoms. The molecule has 21 heavy (non-hydrogen) atoms. The highest BCUT2D eigenvalue weighted by Crippen LogP contribution is 2.31. The molecule has 0 saturated carbocycles. The van der Waals surface area contributed by atoms with Crippen molar-refractivity contribution in [3.05, 3.63) is 23.8 Å². The lowest BCUT2D eigenvalue weighted by Crippen LogP contribution is -2.40. The van der Waals surface area contributed by atoms with Crippen molar-refractivity contribution in [1.29, 1.82) is 0 Å². The van der Waals surface area contributed by atoms with Crippen molar-refractivity contribution in [1.82, 2.24) is 9.62 Å². The van der Waals surface area contributed by atoms with Gasteiger partial charge >= 0.3 is 0 Å². The minimum atomic E-state index is -3.41. The van der Waals surface area contributed by atoms with Crippen molar-refractivity contribution in [3.63, 3.8) is 0 Å². The van der Waals surface area contributed by atoms with Gasteiger partial charge in [-0.25, -0.2) is 8.42 Å². The van der Waals surface area contributed by atoms with E-state index in [1.54, 1.807) is 22.5 Å². The summed E-state index contributed by atoms with van der Waals surface area (Å²) in [6, 6.07) is 5.32. The van der Waals surface area contributed by atoms with Crippen LogP contribution in [0.4, 0.5) is 0 Å². The molecule has 1 saturated heterocycles. The third-order valence-electron chi connectivity index (χ3n) is 4.25. The molecule has 5 nitrogen and oxygen atoms in total. The van der Waals surface area contributed by atoms with Gasteiger partial charge in [0.05, 0.1) is 11.5 Å². The van der Waals surface area contributed by atoms with Gasteiger partial charge in [-0.3, -0.25) is 0 Å². The molecule has 0 aliphatic carbocycles. The standard InChI is InChI=1S/C15H22N2O3S/c1-16-11-13-5-2-8-17(13)21(18,19)14-6-7-15-12(10-14)4-3-9-20-15/h6-7,10,13,16H,2-5,8-9,11H2,1H3. The van der Waals surface area contributed by atoms with Crippen molar-refractivity contribution < 1.29 is 13.2 Å². The number of ether oxygens (including phenoxy) is 1. The van der Waals surface area contributed by atoms with Gasteiger partial charge in [-0.05, 0) is 56.5 Å². The number of sulfonamides is 1. The van der Waals surface area contributed by atoms with Crippen molar-refractivity contribution in [2.75, 3.05) is 26.7 Å². The maximum atomic E-state index is 12.9. The molecule has 1 N–H and O–H groups in total. The number of nitrogens with one attached hydrogen (secondary N) is 1. The molecule has 1 aromatic rings. The summed E-state index contributed by atoms with van der Waals surface area (Å²) in [5.74, 6) is 0.827. The maximum Gasteiger partial charge on any atom is 0.243 e. The molecule has 1 unspecified atom stereocenters. The second-order valence-corrected chi connectivity index (χ2v) is 7.58. The van der Waals surface area contributed by atoms with Crippen LogP contribution < -0.4 is 10.1 Å². The van der Waals surface area contributed by atoms with E-state index in [-0.39, 0.29) is 6.04 Å². The molecule has 0 radical (unpaired) electrons. The van der Waals surface area contributed by atoms with Crippen molar-refractivity contribution in [3.8, 4) is 5.75 Å². The summed E-state index contributed by atoms with van der Waals surface area (Å²) in [4.78, 5) is 0.398. The molecule has 2 heterocycles. The van der Waals surface area contributed by atoms with Crippen LogP contribution in [0.1, 0.15) is 24.8 Å². The lowest BCUT2D eigenvalue weighted by Gasteiger charge is -2.25. The summed E-state index contributed by atoms with van der Waals surface area (Å²) >= 11 is 0. The van der Waals surface area contributed by atoms with E-state index < -0.39 is 10.0 Å². The highest BCUT2D eigenvalue weighted by atomic mass is 32.2. The molecule has 0 spiro atoms. The minimum Gasteiger partial charge on any atom is -0.493 e. The number of hydrogen-bond acceptors (Lipinski definition) is 4. The topological polar surface area (TPSA) is 58.6 Å². The van der Waals surface area contributed by atoms with Gasteiger partial charge in [0.2, 0.25) is 10.0 Å². The average Bonchev–Trinajstić information content (AvgIpc) is 2.96. The van der Waals surface area contributed by atoms with Gasteiger partial charge in [0.25, 0.3) is 0 Å². The van der Waals surface area contributed by atoms with Crippen molar-refractivity contribution >= 4 is 10.0 Å². The average molecular weight is 310 g/mol. The van der Waals surface area contributed by atoms with Crippen LogP contribution in [0.15, 0.2) is 23.1 Å². The Hall–Kier alpha value is -1.11. The number of fused-ring (bicyclic) bond motifs is 1. The van der Waals surface area contributed by atoms with E-state index in [0.717, 1.165) is 43.6 Å². The van der Waals surface area contributed by atoms with Gasteiger partial charge in [0, 0.05) is 19.1 Å². The second kappa shape index (κ2) is 5.94. The summed E-state index contributed by atoms with van der Waals surface area (Å²) in [5.41, 5.74) is 1.01. The predicted octanol–water partition coefficient (Wildman–Crippen LogP) is 1.38. The van der Waals surface area contributed by atoms with Crippen LogP contribution in [0.2, 0.25) is 0 Å². The molecule has 2 aliphatic rings. The van der Waals surface area contributed by atoms with Crippen LogP contribution in [0, 0.1) is 0 Å². The third-order valence-corrected chi connectivity index (χ3v) is 6.20. The zero-order valence-corrected chi connectivity index (χ0v) is 13.2. The second-order valence-electron chi connectivity index (χ2n) is 5.69. The van der Waals surface area contributed by atoms with Gasteiger partial charge in [0.1, 0.15) is 5.75 Å². The summed E-state index contributed by atoms with van der Waals surface area (Å²) in [5, 5.41) is 3.09. The Morgan fingerprint density at radius 1 is 1.38 bits per heavy atom. The van der Waals surface area contributed by atoms with Gasteiger partial charge in [-0.1, -0.05) is 0 Å². The highest BCUT2D eigenvalue weighted by molar-refractivity contribution is 7.89. The first kappa shape index (κ1) is 14.8. The zero-order valence-electron chi connectivity index (χ0n) is 12.3. The number of aryl methyl sites for hydroxylation is 1. The SMILES string of the molecule is CNCC1CCCN1S(=O)(=O)c1ccc2c(c1)CCCO2. The Bertz CT molecular complexity index is 615. The normalized spacial score (nSPS) is 22.8. The molecule has 2 aliphatic heterocycles. The Labute approximate surface area is 126 Å². The van der Waals surface area contributed by atoms with Crippen molar-refractivity contribution in [2.24, 2.45) is 0 Å². The first-order valence-electron chi connectivity index (χ1n) is 7.55. The smallest absolute Gasteiger partial charge is 0.243 e. The first-order valence-corrected chi connectivity index (χ1v) is 8.99. The predicted molar refractivity (Wildman–Crippen MR) is 81.1 cm³/mol. The Morgan fingerprint density at radius 2 is 2.24 bits per heavy atom. The summed E-state index contributed by atoms with van der Waals surface area (Å²) in [6.07, 6.45) is 3.69. The molecule has 1 atom stereocenters. The number of benzene rings is 1. The fourth-order valence-electron chi connectivity index (χ4n) is 3.20. The molecule has 0 amide bonds. The Kier molecular flexibility index (Phi) is 4.19. The molecule has 1 aromatic carbocycles. The molecule has 116 valence electrons. The molecule has 0 bridgehead atoms. The van der Waals surface area contributed by atoms with E-state index in [9.17, 15) is 8.42 Å². The summed E-state index contributed by atoms with van der Waals surface area (Å²) in [7, 11) is -1.55. The lowest BCUT2D eigenvalue weighted by atomic mass is 10.1. The lowest BCUT2D eigenvalue weighted by molar-refractivity contribution is 0.288. The fourth-order valence-corrected chi connectivity index (χ4v) is 4.94. The van der Waals surface area contributed by atoms with Gasteiger partial charge in [-0.2, -0.15) is 4.31 Å². The Balaban J connectivity index is 1.91. The number of likely N-dealkylation sites (N-methyl/N-ethyl adjacent to an activating group) is 1. The third kappa shape index (κ3) is 2.80. The fraction of sp³-hybridized carbons (Fsp3) is 0.600. The molecule has 3 rings (SSSR count). The van der Waals surface area contributed by atoms with E-state index in [1.165, 1.54) is 0 Å². The van der Waals surface area contributed by atoms with Crippen LogP contribution in [-0.2, 0) is 16.4 Å². The van der Waals surface area contributed by atoms with Crippen LogP contribution in [-0.4, -0.2) is 45.5 Å². The van der Waals surface area contributed by atoms with Crippen molar-refractivity contribution in [2.45, 2.75) is 36.6 Å². The monoisotopic (exact) mass is 310 g/mol. The molecular weight excluding hydrogens is 288 g/mol. The minimum absolute atomic E-state index is 0.0623. The quantitative estimate of drug-likeness (QED) is 0.913. The van der Waals surface area contributed by atoms with Gasteiger partial charge in [0.15, 0.2) is 0 Å². The van der Waals surface area contributed by atoms with E-state index in [4.69, 9.17) is 4.74 Å². The van der Waals surface area contributed by atoms with Crippen LogP contribution in [0.25, 0.3) is 0 Å². The largest absolute Gasteiger partial charge is 0.493 e. The molecular formula is C15H22N2O3S. The Morgan fingerprint density at radius 3 is 3.05 bits per heavy atom. The maximum absolute atomic E-state index is 12.9. The zero-order chi connectivity index (χ0) is 14.9. The highest BCUT2D eigenvalue weighted by Gasteiger charge is 2.35. The van der Waals surface area contributed by atoms with Crippen LogP contribution in [0.5, 0.6) is 5.75 Å². The summed E-state index contributed by atoms with van der Waals surface area (Å²) < 4.78 is 32.9. The summed E-state index contributed by atoms with van der Waals surface area (Å²) in [6.45, 7) is 2.03. The van der Waals surface area contributed by atoms with Crippen LogP contribution in [0.3, 0.4) is 0 Å². The van der Waals surface area contributed by atoms with Gasteiger partial charge in [-0.15, -0.1) is 0 Å². The van der Waals surface area contributed by atoms with E-state index >= 15 is 0 Å². The van der Waals surface area contributed by atoms with Crippen LogP contribution >= 0.6 is 0 Å². The molecule has 0 aromatic heterocycles. The number of nitrogens with zero attached hydrogens (tertiary/aromatic N) is 1. The number of rotatable bonds is 4. The first-order chi connectivity index (χ1) is 10.1. The molecule has 1 fully saturated rings. The van der Waals surface area contributed by atoms with E-state index in [2.05, 4.69) is 5.32 Å². The number of hydrogen-bond donors (Lipinski definition) is 1. The van der Waals surface area contributed by atoms with E-state index in [1.807, 2.05) is 7.05 Å². The van der Waals surface area contributed by atoms with E-state index in [0.29, 0.717) is 18.0 Å².